The lowest BCUT2D eigenvalue weighted by Gasteiger charge is -2.33. The Morgan fingerprint density at radius 2 is 2.00 bits per heavy atom. The number of carbonyl (C=O) groups excluding carboxylic acids is 1. The molecule has 0 bridgehead atoms. The monoisotopic (exact) mass is 304 g/mol. The molecule has 2 saturated heterocycles. The SMILES string of the molecule is O=C([C@@H]1C[C@@H](O)CN1)N1CCC(OCc2ccccc2)CC1. The summed E-state index contributed by atoms with van der Waals surface area (Å²) in [7, 11) is 0. The van der Waals surface area contributed by atoms with E-state index in [-0.39, 0.29) is 24.2 Å². The van der Waals surface area contributed by atoms with Gasteiger partial charge in [-0.3, -0.25) is 4.79 Å². The topological polar surface area (TPSA) is 61.8 Å². The van der Waals surface area contributed by atoms with Crippen molar-refractivity contribution in [3.8, 4) is 0 Å². The van der Waals surface area contributed by atoms with E-state index in [0.29, 0.717) is 19.6 Å². The van der Waals surface area contributed by atoms with Crippen LogP contribution in [0.25, 0.3) is 0 Å². The van der Waals surface area contributed by atoms with Crippen LogP contribution in [0.1, 0.15) is 24.8 Å². The van der Waals surface area contributed by atoms with Crippen molar-refractivity contribution in [3.63, 3.8) is 0 Å². The number of aliphatic hydroxyl groups is 1. The van der Waals surface area contributed by atoms with Crippen LogP contribution >= 0.6 is 0 Å². The van der Waals surface area contributed by atoms with Crippen molar-refractivity contribution in [2.45, 2.75) is 44.1 Å². The summed E-state index contributed by atoms with van der Waals surface area (Å²) >= 11 is 0. The van der Waals surface area contributed by atoms with E-state index in [1.54, 1.807) is 0 Å². The largest absolute Gasteiger partial charge is 0.392 e. The highest BCUT2D eigenvalue weighted by atomic mass is 16.5. The van der Waals surface area contributed by atoms with Crippen molar-refractivity contribution in [2.75, 3.05) is 19.6 Å². The minimum absolute atomic E-state index is 0.123. The van der Waals surface area contributed by atoms with Crippen LogP contribution in [-0.4, -0.2) is 53.8 Å². The zero-order valence-electron chi connectivity index (χ0n) is 12.8. The average Bonchev–Trinajstić information content (AvgIpc) is 3.00. The van der Waals surface area contributed by atoms with E-state index >= 15 is 0 Å². The summed E-state index contributed by atoms with van der Waals surface area (Å²) < 4.78 is 5.95. The smallest absolute Gasteiger partial charge is 0.239 e. The molecule has 5 nitrogen and oxygen atoms in total. The number of nitrogens with one attached hydrogen (secondary N) is 1. The number of ether oxygens (including phenoxy) is 1. The van der Waals surface area contributed by atoms with Crippen LogP contribution in [0.3, 0.4) is 0 Å². The molecule has 2 aliphatic heterocycles. The van der Waals surface area contributed by atoms with Crippen LogP contribution in [0.4, 0.5) is 0 Å². The molecule has 2 atom stereocenters. The zero-order valence-corrected chi connectivity index (χ0v) is 12.8. The van der Waals surface area contributed by atoms with Crippen LogP contribution in [-0.2, 0) is 16.1 Å². The fourth-order valence-electron chi connectivity index (χ4n) is 3.16. The molecule has 0 aliphatic carbocycles. The molecule has 0 saturated carbocycles. The zero-order chi connectivity index (χ0) is 15.4. The number of piperidine rings is 1. The van der Waals surface area contributed by atoms with Gasteiger partial charge in [0.2, 0.25) is 5.91 Å². The highest BCUT2D eigenvalue weighted by Gasteiger charge is 2.33. The van der Waals surface area contributed by atoms with Gasteiger partial charge in [-0.1, -0.05) is 30.3 Å². The fraction of sp³-hybridized carbons (Fsp3) is 0.588. The fourth-order valence-corrected chi connectivity index (χ4v) is 3.16. The number of β-amino-alcohol motifs (C(OH)–C–C–N with tert-alkyl or cyclic N) is 1. The van der Waals surface area contributed by atoms with Crippen molar-refractivity contribution in [1.29, 1.82) is 0 Å². The predicted octanol–water partition coefficient (Wildman–Crippen LogP) is 0.917. The number of hydrogen-bond donors (Lipinski definition) is 2. The number of carbonyl (C=O) groups is 1. The summed E-state index contributed by atoms with van der Waals surface area (Å²) in [6.45, 7) is 2.64. The molecule has 120 valence electrons. The quantitative estimate of drug-likeness (QED) is 0.868. The first-order valence-corrected chi connectivity index (χ1v) is 8.08. The summed E-state index contributed by atoms with van der Waals surface area (Å²) in [5.74, 6) is 0.123. The Morgan fingerprint density at radius 1 is 1.27 bits per heavy atom. The molecule has 2 aliphatic rings. The molecule has 2 N–H and O–H groups in total. The van der Waals surface area contributed by atoms with Crippen molar-refractivity contribution in [2.24, 2.45) is 0 Å². The molecule has 1 aromatic carbocycles. The van der Waals surface area contributed by atoms with Gasteiger partial charge in [0.05, 0.1) is 24.9 Å². The summed E-state index contributed by atoms with van der Waals surface area (Å²) in [4.78, 5) is 14.2. The maximum absolute atomic E-state index is 12.3. The highest BCUT2D eigenvalue weighted by Crippen LogP contribution is 2.18. The predicted molar refractivity (Wildman–Crippen MR) is 83.2 cm³/mol. The second-order valence-corrected chi connectivity index (χ2v) is 6.17. The highest BCUT2D eigenvalue weighted by molar-refractivity contribution is 5.82. The van der Waals surface area contributed by atoms with E-state index in [1.165, 1.54) is 5.56 Å². The lowest BCUT2D eigenvalue weighted by molar-refractivity contribution is -0.136. The second kappa shape index (κ2) is 7.22. The molecule has 0 radical (unpaired) electrons. The Bertz CT molecular complexity index is 486. The summed E-state index contributed by atoms with van der Waals surface area (Å²) in [6, 6.07) is 9.95. The number of nitrogens with zero attached hydrogens (tertiary/aromatic N) is 1. The van der Waals surface area contributed by atoms with Gasteiger partial charge in [-0.25, -0.2) is 0 Å². The maximum atomic E-state index is 12.3. The number of rotatable bonds is 4. The molecule has 5 heteroatoms. The molecule has 22 heavy (non-hydrogen) atoms. The number of aliphatic hydroxyl groups excluding tert-OH is 1. The van der Waals surface area contributed by atoms with E-state index in [2.05, 4.69) is 17.4 Å². The third-order valence-electron chi connectivity index (χ3n) is 4.49. The molecule has 0 spiro atoms. The normalized spacial score (nSPS) is 26.3. The van der Waals surface area contributed by atoms with Crippen LogP contribution in [0, 0.1) is 0 Å². The van der Waals surface area contributed by atoms with Gasteiger partial charge < -0.3 is 20.1 Å². The van der Waals surface area contributed by atoms with Gasteiger partial charge in [-0.2, -0.15) is 0 Å². The van der Waals surface area contributed by atoms with Gasteiger partial charge in [0, 0.05) is 19.6 Å². The van der Waals surface area contributed by atoms with Gasteiger partial charge in [-0.05, 0) is 24.8 Å². The standard InChI is InChI=1S/C17H24N2O3/c20-14-10-16(18-11-14)17(21)19-8-6-15(7-9-19)22-12-13-4-2-1-3-5-13/h1-5,14-16,18,20H,6-12H2/t14-,16+/m1/s1. The van der Waals surface area contributed by atoms with E-state index in [4.69, 9.17) is 4.74 Å². The molecule has 0 unspecified atom stereocenters. The van der Waals surface area contributed by atoms with Crippen LogP contribution in [0.15, 0.2) is 30.3 Å². The molecule has 0 aromatic heterocycles. The average molecular weight is 304 g/mol. The van der Waals surface area contributed by atoms with Gasteiger partial charge in [0.15, 0.2) is 0 Å². The molecule has 2 heterocycles. The number of benzene rings is 1. The molecule has 1 amide bonds. The lowest BCUT2D eigenvalue weighted by atomic mass is 10.1. The molecule has 2 fully saturated rings. The van der Waals surface area contributed by atoms with Gasteiger partial charge >= 0.3 is 0 Å². The van der Waals surface area contributed by atoms with E-state index in [0.717, 1.165) is 25.9 Å². The first-order chi connectivity index (χ1) is 10.7. The van der Waals surface area contributed by atoms with Crippen molar-refractivity contribution in [3.05, 3.63) is 35.9 Å². The Labute approximate surface area is 131 Å². The van der Waals surface area contributed by atoms with Crippen molar-refractivity contribution in [1.82, 2.24) is 10.2 Å². The molecule has 1 aromatic rings. The summed E-state index contributed by atoms with van der Waals surface area (Å²) in [5.41, 5.74) is 1.19. The summed E-state index contributed by atoms with van der Waals surface area (Å²) in [6.07, 6.45) is 2.14. The van der Waals surface area contributed by atoms with Gasteiger partial charge in [0.1, 0.15) is 0 Å². The molecular formula is C17H24N2O3. The van der Waals surface area contributed by atoms with Crippen LogP contribution in [0.5, 0.6) is 0 Å². The number of likely N-dealkylation sites (tertiary alicyclic amines) is 1. The molecule has 3 rings (SSSR count). The number of amides is 1. The van der Waals surface area contributed by atoms with E-state index in [1.807, 2.05) is 23.1 Å². The maximum Gasteiger partial charge on any atom is 0.239 e. The minimum Gasteiger partial charge on any atom is -0.392 e. The van der Waals surface area contributed by atoms with Crippen LogP contribution < -0.4 is 5.32 Å². The summed E-state index contributed by atoms with van der Waals surface area (Å²) in [5, 5.41) is 12.6. The Kier molecular flexibility index (Phi) is 5.08. The third-order valence-corrected chi connectivity index (χ3v) is 4.49. The van der Waals surface area contributed by atoms with E-state index < -0.39 is 0 Å². The van der Waals surface area contributed by atoms with E-state index in [9.17, 15) is 9.90 Å². The first-order valence-electron chi connectivity index (χ1n) is 8.08. The third kappa shape index (κ3) is 3.85. The van der Waals surface area contributed by atoms with Gasteiger partial charge in [-0.15, -0.1) is 0 Å². The van der Waals surface area contributed by atoms with Gasteiger partial charge in [0.25, 0.3) is 0 Å². The Hall–Kier alpha value is -1.43. The lowest BCUT2D eigenvalue weighted by Crippen LogP contribution is -2.48. The minimum atomic E-state index is -0.388. The Morgan fingerprint density at radius 3 is 2.64 bits per heavy atom. The van der Waals surface area contributed by atoms with Crippen LogP contribution in [0.2, 0.25) is 0 Å². The molecular weight excluding hydrogens is 280 g/mol. The Balaban J connectivity index is 1.41. The first kappa shape index (κ1) is 15.5. The van der Waals surface area contributed by atoms with Crippen molar-refractivity contribution < 1.29 is 14.6 Å². The van der Waals surface area contributed by atoms with Crippen molar-refractivity contribution >= 4 is 5.91 Å². The second-order valence-electron chi connectivity index (χ2n) is 6.17. The number of hydrogen-bond acceptors (Lipinski definition) is 4.